The zero-order valence-corrected chi connectivity index (χ0v) is 20.5. The van der Waals surface area contributed by atoms with Crippen LogP contribution in [0.3, 0.4) is 0 Å². The van der Waals surface area contributed by atoms with E-state index in [0.717, 1.165) is 0 Å². The Bertz CT molecular complexity index is 1140. The molecule has 1 amide bonds. The van der Waals surface area contributed by atoms with E-state index in [4.69, 9.17) is 14.4 Å². The average molecular weight is 510 g/mol. The normalized spacial score (nSPS) is 13.7. The second-order valence-electron chi connectivity index (χ2n) is 8.60. The van der Waals surface area contributed by atoms with Crippen LogP contribution in [0.5, 0.6) is 11.5 Å². The maximum Gasteiger partial charge on any atom is 0.504 e. The SMILES string of the molecule is CN(C)Cc1cc(NC(=O)CCc2cc(OBO)ccc2OCC(F)F)ccc1S(=O)(=O)C1CC1. The first kappa shape index (κ1) is 26.9. The van der Waals surface area contributed by atoms with Gasteiger partial charge in [0.15, 0.2) is 9.84 Å². The summed E-state index contributed by atoms with van der Waals surface area (Å²) in [5.41, 5.74) is 1.55. The lowest BCUT2D eigenvalue weighted by atomic mass is 10.1. The number of sulfone groups is 1. The Morgan fingerprint density at radius 1 is 1.20 bits per heavy atom. The third-order valence-corrected chi connectivity index (χ3v) is 7.71. The summed E-state index contributed by atoms with van der Waals surface area (Å²) in [7, 11) is -0.283. The quantitative estimate of drug-likeness (QED) is 0.399. The molecule has 0 bridgehead atoms. The van der Waals surface area contributed by atoms with E-state index >= 15 is 0 Å². The minimum Gasteiger partial charge on any atom is -0.539 e. The fraction of sp³-hybridized carbons (Fsp3) is 0.435. The number of ether oxygens (including phenoxy) is 1. The smallest absolute Gasteiger partial charge is 0.504 e. The predicted molar refractivity (Wildman–Crippen MR) is 129 cm³/mol. The molecule has 1 aliphatic carbocycles. The van der Waals surface area contributed by atoms with E-state index < -0.39 is 30.6 Å². The van der Waals surface area contributed by atoms with Crippen molar-refractivity contribution in [2.75, 3.05) is 26.0 Å². The number of rotatable bonds is 13. The van der Waals surface area contributed by atoms with Gasteiger partial charge < -0.3 is 24.6 Å². The number of alkyl halides is 2. The topological polar surface area (TPSA) is 105 Å². The summed E-state index contributed by atoms with van der Waals surface area (Å²) in [6.45, 7) is -0.391. The minimum atomic E-state index is -3.40. The molecular weight excluding hydrogens is 481 g/mol. The molecule has 0 aromatic heterocycles. The van der Waals surface area contributed by atoms with Crippen LogP contribution >= 0.6 is 0 Å². The Kier molecular flexibility index (Phi) is 9.09. The molecule has 0 unspecified atom stereocenters. The van der Waals surface area contributed by atoms with Gasteiger partial charge in [0.2, 0.25) is 5.91 Å². The minimum absolute atomic E-state index is 0.0127. The first-order valence-corrected chi connectivity index (χ1v) is 12.7. The number of aryl methyl sites for hydroxylation is 1. The highest BCUT2D eigenvalue weighted by Crippen LogP contribution is 2.36. The molecule has 190 valence electrons. The fourth-order valence-corrected chi connectivity index (χ4v) is 5.50. The van der Waals surface area contributed by atoms with Crippen molar-refractivity contribution >= 4 is 29.1 Å². The van der Waals surface area contributed by atoms with Gasteiger partial charge in [0, 0.05) is 18.7 Å². The number of carbonyl (C=O) groups excluding carboxylic acids is 1. The molecule has 0 radical (unpaired) electrons. The van der Waals surface area contributed by atoms with Crippen LogP contribution in [-0.2, 0) is 27.6 Å². The fourth-order valence-electron chi connectivity index (χ4n) is 3.64. The first-order chi connectivity index (χ1) is 16.6. The number of hydrogen-bond donors (Lipinski definition) is 2. The highest BCUT2D eigenvalue weighted by molar-refractivity contribution is 7.92. The lowest BCUT2D eigenvalue weighted by molar-refractivity contribution is -0.116. The number of amides is 1. The van der Waals surface area contributed by atoms with Gasteiger partial charge in [-0.3, -0.25) is 4.79 Å². The van der Waals surface area contributed by atoms with Crippen molar-refractivity contribution < 1.29 is 36.4 Å². The van der Waals surface area contributed by atoms with Gasteiger partial charge in [-0.1, -0.05) is 0 Å². The Hall–Kier alpha value is -2.70. The van der Waals surface area contributed by atoms with Crippen LogP contribution < -0.4 is 14.7 Å². The molecule has 0 saturated heterocycles. The van der Waals surface area contributed by atoms with Crippen LogP contribution in [0.15, 0.2) is 41.3 Å². The third kappa shape index (κ3) is 7.64. The van der Waals surface area contributed by atoms with Crippen molar-refractivity contribution in [2.45, 2.75) is 48.8 Å². The van der Waals surface area contributed by atoms with Gasteiger partial charge in [0.25, 0.3) is 6.43 Å². The van der Waals surface area contributed by atoms with Crippen molar-refractivity contribution in [1.82, 2.24) is 4.90 Å². The van der Waals surface area contributed by atoms with Gasteiger partial charge in [-0.25, -0.2) is 17.2 Å². The van der Waals surface area contributed by atoms with E-state index in [-0.39, 0.29) is 34.6 Å². The number of benzene rings is 2. The van der Waals surface area contributed by atoms with Crippen LogP contribution in [0, 0.1) is 0 Å². The average Bonchev–Trinajstić information content (AvgIpc) is 3.63. The van der Waals surface area contributed by atoms with Crippen LogP contribution in [0.4, 0.5) is 14.5 Å². The number of nitrogens with one attached hydrogen (secondary N) is 1. The third-order valence-electron chi connectivity index (χ3n) is 5.35. The summed E-state index contributed by atoms with van der Waals surface area (Å²) in [6, 6.07) is 9.22. The Morgan fingerprint density at radius 3 is 2.57 bits per heavy atom. The zero-order chi connectivity index (χ0) is 25.6. The Labute approximate surface area is 204 Å². The molecule has 0 aliphatic heterocycles. The lowest BCUT2D eigenvalue weighted by Gasteiger charge is -2.16. The molecule has 8 nitrogen and oxygen atoms in total. The standard InChI is InChI=1S/C23H29BF2N2O6S/c1-28(2)13-16-11-17(4-9-21(16)35(31,32)19-6-7-19)27-23(29)10-3-15-12-18(34-24-30)5-8-20(15)33-14-22(25)26/h4-5,8-9,11-12,19,22,24,30H,3,6-7,10,13-14H2,1-2H3,(H,27,29). The Balaban J connectivity index is 1.72. The Morgan fingerprint density at radius 2 is 1.94 bits per heavy atom. The monoisotopic (exact) mass is 510 g/mol. The number of nitrogens with zero attached hydrogens (tertiary/aromatic N) is 1. The summed E-state index contributed by atoms with van der Waals surface area (Å²) in [4.78, 5) is 14.8. The summed E-state index contributed by atoms with van der Waals surface area (Å²) in [5, 5.41) is 11.4. The second-order valence-corrected chi connectivity index (χ2v) is 10.8. The van der Waals surface area contributed by atoms with E-state index in [1.54, 1.807) is 12.1 Å². The van der Waals surface area contributed by atoms with Crippen LogP contribution in [0.2, 0.25) is 0 Å². The summed E-state index contributed by atoms with van der Waals surface area (Å²) in [6.07, 6.45) is -1.14. The van der Waals surface area contributed by atoms with E-state index in [2.05, 4.69) is 5.32 Å². The first-order valence-electron chi connectivity index (χ1n) is 11.2. The molecule has 2 aromatic carbocycles. The molecule has 3 rings (SSSR count). The number of hydrogen-bond acceptors (Lipinski definition) is 7. The molecule has 12 heteroatoms. The van der Waals surface area contributed by atoms with Crippen molar-refractivity contribution in [3.8, 4) is 11.5 Å². The van der Waals surface area contributed by atoms with Gasteiger partial charge in [-0.2, -0.15) is 0 Å². The molecular formula is C23H29BF2N2O6S. The second kappa shape index (κ2) is 11.8. The molecule has 0 spiro atoms. The number of anilines is 1. The predicted octanol–water partition coefficient (Wildman–Crippen LogP) is 2.54. The molecule has 35 heavy (non-hydrogen) atoms. The zero-order valence-electron chi connectivity index (χ0n) is 19.7. The van der Waals surface area contributed by atoms with E-state index in [9.17, 15) is 22.0 Å². The molecule has 0 heterocycles. The highest BCUT2D eigenvalue weighted by Gasteiger charge is 2.38. The summed E-state index contributed by atoms with van der Waals surface area (Å²) < 4.78 is 60.9. The lowest BCUT2D eigenvalue weighted by Crippen LogP contribution is -2.18. The summed E-state index contributed by atoms with van der Waals surface area (Å²) in [5.74, 6) is 0.172. The van der Waals surface area contributed by atoms with Crippen molar-refractivity contribution in [3.05, 3.63) is 47.5 Å². The number of halogens is 2. The van der Waals surface area contributed by atoms with Crippen LogP contribution in [0.25, 0.3) is 0 Å². The molecule has 2 N–H and O–H groups in total. The molecule has 2 aromatic rings. The van der Waals surface area contributed by atoms with Gasteiger partial charge in [0.05, 0.1) is 10.1 Å². The maximum absolute atomic E-state index is 12.8. The molecule has 0 atom stereocenters. The van der Waals surface area contributed by atoms with E-state index in [1.165, 1.54) is 24.3 Å². The van der Waals surface area contributed by atoms with Gasteiger partial charge in [-0.15, -0.1) is 0 Å². The van der Waals surface area contributed by atoms with Crippen LogP contribution in [-0.4, -0.2) is 64.3 Å². The van der Waals surface area contributed by atoms with Crippen LogP contribution in [0.1, 0.15) is 30.4 Å². The van der Waals surface area contributed by atoms with Crippen molar-refractivity contribution in [1.29, 1.82) is 0 Å². The maximum atomic E-state index is 12.8. The van der Waals surface area contributed by atoms with Gasteiger partial charge >= 0.3 is 7.69 Å². The van der Waals surface area contributed by atoms with E-state index in [0.29, 0.717) is 42.0 Å². The molecule has 1 saturated carbocycles. The largest absolute Gasteiger partial charge is 0.539 e. The van der Waals surface area contributed by atoms with E-state index in [1.807, 2.05) is 19.0 Å². The highest BCUT2D eigenvalue weighted by atomic mass is 32.2. The molecule has 1 aliphatic rings. The summed E-state index contributed by atoms with van der Waals surface area (Å²) >= 11 is 0. The molecule has 1 fully saturated rings. The number of carbonyl (C=O) groups is 1. The van der Waals surface area contributed by atoms with Gasteiger partial charge in [0.1, 0.15) is 18.1 Å². The van der Waals surface area contributed by atoms with Crippen molar-refractivity contribution in [2.24, 2.45) is 0 Å². The van der Waals surface area contributed by atoms with Gasteiger partial charge in [-0.05, 0) is 80.9 Å². The van der Waals surface area contributed by atoms with Crippen molar-refractivity contribution in [3.63, 3.8) is 0 Å².